The topological polar surface area (TPSA) is 66.6 Å². The molecule has 0 aliphatic carbocycles. The molecule has 1 amide bonds. The van der Waals surface area contributed by atoms with Crippen LogP contribution in [0, 0.1) is 5.92 Å². The third-order valence-electron chi connectivity index (χ3n) is 4.16. The van der Waals surface area contributed by atoms with E-state index in [1.807, 2.05) is 29.2 Å². The van der Waals surface area contributed by atoms with Gasteiger partial charge in [0.25, 0.3) is 0 Å². The van der Waals surface area contributed by atoms with Gasteiger partial charge < -0.3 is 15.7 Å². The standard InChI is InChI=1S/C16H24N2O2/c1-12(14-2-4-15(17)5-3-14)10-16(20)18-8-6-13(11-18)7-9-19/h2-5,12-13,19H,6-11,17H2,1H3. The lowest BCUT2D eigenvalue weighted by molar-refractivity contribution is -0.130. The van der Waals surface area contributed by atoms with Crippen molar-refractivity contribution in [2.24, 2.45) is 5.92 Å². The van der Waals surface area contributed by atoms with Gasteiger partial charge in [0.05, 0.1) is 0 Å². The third kappa shape index (κ3) is 3.73. The number of nitrogens with zero attached hydrogens (tertiary/aromatic N) is 1. The Kier molecular flexibility index (Phi) is 5.01. The van der Waals surface area contributed by atoms with E-state index >= 15 is 0 Å². The van der Waals surface area contributed by atoms with Crippen LogP contribution in [0.1, 0.15) is 37.7 Å². The molecule has 4 heteroatoms. The highest BCUT2D eigenvalue weighted by molar-refractivity contribution is 5.77. The van der Waals surface area contributed by atoms with Crippen LogP contribution in [0.4, 0.5) is 5.69 Å². The quantitative estimate of drug-likeness (QED) is 0.808. The summed E-state index contributed by atoms with van der Waals surface area (Å²) in [7, 11) is 0. The number of amides is 1. The van der Waals surface area contributed by atoms with Gasteiger partial charge in [-0.3, -0.25) is 4.79 Å². The first-order valence-corrected chi connectivity index (χ1v) is 7.34. The molecule has 1 saturated heterocycles. The van der Waals surface area contributed by atoms with E-state index < -0.39 is 0 Å². The molecular weight excluding hydrogens is 252 g/mol. The van der Waals surface area contributed by atoms with Crippen LogP contribution in [0.2, 0.25) is 0 Å². The molecule has 0 saturated carbocycles. The molecule has 110 valence electrons. The summed E-state index contributed by atoms with van der Waals surface area (Å²) in [6.45, 7) is 3.92. The zero-order chi connectivity index (χ0) is 14.5. The first-order valence-electron chi connectivity index (χ1n) is 7.34. The Hall–Kier alpha value is -1.55. The highest BCUT2D eigenvalue weighted by Gasteiger charge is 2.26. The normalized spacial score (nSPS) is 20.1. The molecule has 2 unspecified atom stereocenters. The van der Waals surface area contributed by atoms with Crippen molar-refractivity contribution in [1.82, 2.24) is 4.90 Å². The van der Waals surface area contributed by atoms with E-state index in [9.17, 15) is 4.79 Å². The molecule has 20 heavy (non-hydrogen) atoms. The van der Waals surface area contributed by atoms with Crippen LogP contribution in [0.15, 0.2) is 24.3 Å². The number of rotatable bonds is 5. The number of carbonyl (C=O) groups is 1. The van der Waals surface area contributed by atoms with Gasteiger partial charge in [-0.15, -0.1) is 0 Å². The molecule has 0 bridgehead atoms. The lowest BCUT2D eigenvalue weighted by atomic mass is 9.97. The van der Waals surface area contributed by atoms with Crippen LogP contribution in [0.25, 0.3) is 0 Å². The molecule has 0 aromatic heterocycles. The Morgan fingerprint density at radius 2 is 2.15 bits per heavy atom. The maximum Gasteiger partial charge on any atom is 0.223 e. The summed E-state index contributed by atoms with van der Waals surface area (Å²) in [6.07, 6.45) is 2.36. The van der Waals surface area contributed by atoms with Crippen LogP contribution >= 0.6 is 0 Å². The van der Waals surface area contributed by atoms with E-state index in [1.54, 1.807) is 0 Å². The molecule has 2 rings (SSSR count). The van der Waals surface area contributed by atoms with E-state index in [0.29, 0.717) is 12.3 Å². The van der Waals surface area contributed by atoms with Gasteiger partial charge in [-0.2, -0.15) is 0 Å². The van der Waals surface area contributed by atoms with Gasteiger partial charge >= 0.3 is 0 Å². The molecule has 1 fully saturated rings. The number of aliphatic hydroxyl groups excluding tert-OH is 1. The highest BCUT2D eigenvalue weighted by Crippen LogP contribution is 2.24. The summed E-state index contributed by atoms with van der Waals surface area (Å²) in [4.78, 5) is 14.2. The Labute approximate surface area is 120 Å². The SMILES string of the molecule is CC(CC(=O)N1CCC(CCO)C1)c1ccc(N)cc1. The fourth-order valence-corrected chi connectivity index (χ4v) is 2.81. The number of nitrogens with two attached hydrogens (primary N) is 1. The summed E-state index contributed by atoms with van der Waals surface area (Å²) < 4.78 is 0. The van der Waals surface area contributed by atoms with Crippen molar-refractivity contribution >= 4 is 11.6 Å². The van der Waals surface area contributed by atoms with E-state index in [2.05, 4.69) is 6.92 Å². The number of aliphatic hydroxyl groups is 1. The Morgan fingerprint density at radius 3 is 2.80 bits per heavy atom. The molecule has 1 heterocycles. The molecule has 0 radical (unpaired) electrons. The van der Waals surface area contributed by atoms with Crippen molar-refractivity contribution in [3.63, 3.8) is 0 Å². The van der Waals surface area contributed by atoms with E-state index in [1.165, 1.54) is 0 Å². The minimum Gasteiger partial charge on any atom is -0.399 e. The van der Waals surface area contributed by atoms with Crippen LogP contribution in [-0.2, 0) is 4.79 Å². The third-order valence-corrected chi connectivity index (χ3v) is 4.16. The lowest BCUT2D eigenvalue weighted by Crippen LogP contribution is -2.29. The Balaban J connectivity index is 1.86. The summed E-state index contributed by atoms with van der Waals surface area (Å²) in [6, 6.07) is 7.74. The molecule has 1 aliphatic rings. The highest BCUT2D eigenvalue weighted by atomic mass is 16.3. The number of hydrogen-bond donors (Lipinski definition) is 2. The zero-order valence-corrected chi connectivity index (χ0v) is 12.1. The summed E-state index contributed by atoms with van der Waals surface area (Å²) >= 11 is 0. The summed E-state index contributed by atoms with van der Waals surface area (Å²) in [5.41, 5.74) is 7.58. The fraction of sp³-hybridized carbons (Fsp3) is 0.562. The first kappa shape index (κ1) is 14.9. The number of hydrogen-bond acceptors (Lipinski definition) is 3. The zero-order valence-electron chi connectivity index (χ0n) is 12.1. The molecule has 0 spiro atoms. The molecule has 1 aliphatic heterocycles. The van der Waals surface area contributed by atoms with Crippen molar-refractivity contribution < 1.29 is 9.90 Å². The number of carbonyl (C=O) groups excluding carboxylic acids is 1. The average Bonchev–Trinajstić information content (AvgIpc) is 2.88. The maximum atomic E-state index is 12.3. The van der Waals surface area contributed by atoms with Crippen LogP contribution in [-0.4, -0.2) is 35.6 Å². The van der Waals surface area contributed by atoms with E-state index in [4.69, 9.17) is 10.8 Å². The Bertz CT molecular complexity index is 444. The number of likely N-dealkylation sites (tertiary alicyclic amines) is 1. The predicted octanol–water partition coefficient (Wildman–Crippen LogP) is 1.99. The monoisotopic (exact) mass is 276 g/mol. The number of benzene rings is 1. The second kappa shape index (κ2) is 6.75. The smallest absolute Gasteiger partial charge is 0.223 e. The molecule has 3 N–H and O–H groups in total. The van der Waals surface area contributed by atoms with Gasteiger partial charge in [-0.05, 0) is 42.4 Å². The second-order valence-corrected chi connectivity index (χ2v) is 5.78. The van der Waals surface area contributed by atoms with Crippen molar-refractivity contribution in [2.75, 3.05) is 25.4 Å². The number of nitrogen functional groups attached to an aromatic ring is 1. The average molecular weight is 276 g/mol. The van der Waals surface area contributed by atoms with Gasteiger partial charge in [0, 0.05) is 31.8 Å². The van der Waals surface area contributed by atoms with Crippen LogP contribution in [0.5, 0.6) is 0 Å². The Morgan fingerprint density at radius 1 is 1.45 bits per heavy atom. The summed E-state index contributed by atoms with van der Waals surface area (Å²) in [5, 5.41) is 8.95. The van der Waals surface area contributed by atoms with Gasteiger partial charge in [-0.25, -0.2) is 0 Å². The van der Waals surface area contributed by atoms with Gasteiger partial charge in [0.1, 0.15) is 0 Å². The van der Waals surface area contributed by atoms with Crippen molar-refractivity contribution in [3.8, 4) is 0 Å². The van der Waals surface area contributed by atoms with E-state index in [0.717, 1.165) is 37.2 Å². The molecular formula is C16H24N2O2. The van der Waals surface area contributed by atoms with Crippen LogP contribution < -0.4 is 5.73 Å². The lowest BCUT2D eigenvalue weighted by Gasteiger charge is -2.19. The predicted molar refractivity (Wildman–Crippen MR) is 80.3 cm³/mol. The molecule has 1 aromatic rings. The fourth-order valence-electron chi connectivity index (χ4n) is 2.81. The summed E-state index contributed by atoms with van der Waals surface area (Å²) in [5.74, 6) is 0.894. The van der Waals surface area contributed by atoms with Gasteiger partial charge in [0.15, 0.2) is 0 Å². The first-order chi connectivity index (χ1) is 9.60. The van der Waals surface area contributed by atoms with Crippen molar-refractivity contribution in [1.29, 1.82) is 0 Å². The van der Waals surface area contributed by atoms with Crippen LogP contribution in [0.3, 0.4) is 0 Å². The maximum absolute atomic E-state index is 12.3. The number of anilines is 1. The second-order valence-electron chi connectivity index (χ2n) is 5.78. The minimum atomic E-state index is 0.208. The van der Waals surface area contributed by atoms with E-state index in [-0.39, 0.29) is 18.4 Å². The minimum absolute atomic E-state index is 0.208. The molecule has 4 nitrogen and oxygen atoms in total. The molecule has 2 atom stereocenters. The van der Waals surface area contributed by atoms with Crippen molar-refractivity contribution in [2.45, 2.75) is 32.1 Å². The largest absolute Gasteiger partial charge is 0.399 e. The van der Waals surface area contributed by atoms with Gasteiger partial charge in [-0.1, -0.05) is 19.1 Å². The van der Waals surface area contributed by atoms with Crippen molar-refractivity contribution in [3.05, 3.63) is 29.8 Å². The van der Waals surface area contributed by atoms with Gasteiger partial charge in [0.2, 0.25) is 5.91 Å². The molecule has 1 aromatic carbocycles.